The Labute approximate surface area is 92.5 Å². The molecule has 0 aliphatic carbocycles. The lowest BCUT2D eigenvalue weighted by Gasteiger charge is -2.09. The molecule has 0 saturated heterocycles. The Bertz CT molecular complexity index is 322. The maximum absolute atomic E-state index is 4.02. The summed E-state index contributed by atoms with van der Waals surface area (Å²) in [7, 11) is 0. The van der Waals surface area contributed by atoms with Crippen molar-refractivity contribution in [1.29, 1.82) is 0 Å². The van der Waals surface area contributed by atoms with E-state index < -0.39 is 0 Å². The third kappa shape index (κ3) is 3.62. The van der Waals surface area contributed by atoms with Gasteiger partial charge in [0.1, 0.15) is 0 Å². The summed E-state index contributed by atoms with van der Waals surface area (Å²) in [5.41, 5.74) is 3.29. The quantitative estimate of drug-likeness (QED) is 0.692. The standard InChI is InChI=1S/C14H19N/c1-4-6-11-15-12(3)14-9-7-13(5-2)8-10-14/h5,7-10,15H,2-4,6,11H2,1H3. The predicted octanol–water partition coefficient (Wildman–Crippen LogP) is 3.69. The van der Waals surface area contributed by atoms with Gasteiger partial charge in [-0.15, -0.1) is 0 Å². The molecule has 0 aliphatic rings. The van der Waals surface area contributed by atoms with Crippen molar-refractivity contribution in [2.45, 2.75) is 19.8 Å². The van der Waals surface area contributed by atoms with Crippen LogP contribution in [0.1, 0.15) is 30.9 Å². The first-order chi connectivity index (χ1) is 7.27. The number of hydrogen-bond donors (Lipinski definition) is 1. The highest BCUT2D eigenvalue weighted by Crippen LogP contribution is 2.11. The molecule has 1 N–H and O–H groups in total. The fraction of sp³-hybridized carbons (Fsp3) is 0.286. The number of unbranched alkanes of at least 4 members (excludes halogenated alkanes) is 1. The maximum atomic E-state index is 4.02. The second-order valence-corrected chi connectivity index (χ2v) is 3.59. The smallest absolute Gasteiger partial charge is 0.0340 e. The molecule has 80 valence electrons. The number of hydrogen-bond acceptors (Lipinski definition) is 1. The van der Waals surface area contributed by atoms with Crippen LogP contribution in [0.15, 0.2) is 37.4 Å². The van der Waals surface area contributed by atoms with Gasteiger partial charge in [-0.2, -0.15) is 0 Å². The zero-order valence-corrected chi connectivity index (χ0v) is 9.42. The summed E-state index contributed by atoms with van der Waals surface area (Å²) in [6.45, 7) is 10.9. The second kappa shape index (κ2) is 6.07. The summed E-state index contributed by atoms with van der Waals surface area (Å²) in [5.74, 6) is 0. The minimum absolute atomic E-state index is 0.999. The van der Waals surface area contributed by atoms with E-state index in [1.165, 1.54) is 12.8 Å². The molecule has 1 rings (SSSR count). The van der Waals surface area contributed by atoms with E-state index in [1.54, 1.807) is 0 Å². The molecule has 1 aromatic rings. The first-order valence-electron chi connectivity index (χ1n) is 5.43. The van der Waals surface area contributed by atoms with E-state index in [1.807, 2.05) is 6.08 Å². The number of rotatable bonds is 6. The van der Waals surface area contributed by atoms with Gasteiger partial charge in [0.25, 0.3) is 0 Å². The molecule has 0 amide bonds. The minimum Gasteiger partial charge on any atom is -0.385 e. The molecule has 1 nitrogen and oxygen atoms in total. The molecule has 0 atom stereocenters. The van der Waals surface area contributed by atoms with Gasteiger partial charge >= 0.3 is 0 Å². The number of nitrogens with one attached hydrogen (secondary N) is 1. The molecule has 1 aromatic carbocycles. The second-order valence-electron chi connectivity index (χ2n) is 3.59. The van der Waals surface area contributed by atoms with Gasteiger partial charge in [-0.1, -0.05) is 56.8 Å². The fourth-order valence-corrected chi connectivity index (χ4v) is 1.34. The zero-order valence-electron chi connectivity index (χ0n) is 9.42. The molecule has 0 spiro atoms. The van der Waals surface area contributed by atoms with Gasteiger partial charge in [0.15, 0.2) is 0 Å². The Morgan fingerprint density at radius 1 is 1.33 bits per heavy atom. The molecular weight excluding hydrogens is 182 g/mol. The Kier molecular flexibility index (Phi) is 4.69. The first-order valence-corrected chi connectivity index (χ1v) is 5.43. The molecule has 0 radical (unpaired) electrons. The van der Waals surface area contributed by atoms with Gasteiger partial charge in [-0.05, 0) is 17.5 Å². The SMILES string of the molecule is C=Cc1ccc(C(=C)NCCCC)cc1. The Hall–Kier alpha value is -1.50. The number of benzene rings is 1. The normalized spacial score (nSPS) is 9.67. The highest BCUT2D eigenvalue weighted by molar-refractivity contribution is 5.63. The highest BCUT2D eigenvalue weighted by Gasteiger charge is 1.96. The van der Waals surface area contributed by atoms with Crippen LogP contribution in [0.4, 0.5) is 0 Å². The monoisotopic (exact) mass is 201 g/mol. The minimum atomic E-state index is 0.999. The molecular formula is C14H19N. The van der Waals surface area contributed by atoms with Crippen molar-refractivity contribution in [1.82, 2.24) is 5.32 Å². The first kappa shape index (κ1) is 11.6. The third-order valence-electron chi connectivity index (χ3n) is 2.36. The summed E-state index contributed by atoms with van der Waals surface area (Å²) in [6.07, 6.45) is 4.23. The molecule has 1 heteroatoms. The van der Waals surface area contributed by atoms with E-state index >= 15 is 0 Å². The van der Waals surface area contributed by atoms with Crippen LogP contribution in [-0.2, 0) is 0 Å². The summed E-state index contributed by atoms with van der Waals surface area (Å²) in [4.78, 5) is 0. The van der Waals surface area contributed by atoms with Gasteiger partial charge in [0.2, 0.25) is 0 Å². The molecule has 0 aliphatic heterocycles. The molecule has 0 bridgehead atoms. The van der Waals surface area contributed by atoms with Crippen LogP contribution < -0.4 is 5.32 Å². The largest absolute Gasteiger partial charge is 0.385 e. The Balaban J connectivity index is 2.54. The van der Waals surface area contributed by atoms with Gasteiger partial charge in [-0.3, -0.25) is 0 Å². The lowest BCUT2D eigenvalue weighted by Crippen LogP contribution is -2.12. The van der Waals surface area contributed by atoms with Crippen molar-refractivity contribution in [2.75, 3.05) is 6.54 Å². The Morgan fingerprint density at radius 2 is 2.00 bits per heavy atom. The highest BCUT2D eigenvalue weighted by atomic mass is 14.9. The van der Waals surface area contributed by atoms with Crippen LogP contribution in [0, 0.1) is 0 Å². The molecule has 0 heterocycles. The lowest BCUT2D eigenvalue weighted by atomic mass is 10.1. The van der Waals surface area contributed by atoms with E-state index in [2.05, 4.69) is 49.7 Å². The van der Waals surface area contributed by atoms with Crippen LogP contribution in [-0.4, -0.2) is 6.54 Å². The van der Waals surface area contributed by atoms with Crippen molar-refractivity contribution in [3.8, 4) is 0 Å². The van der Waals surface area contributed by atoms with Gasteiger partial charge in [0.05, 0.1) is 0 Å². The van der Waals surface area contributed by atoms with Crippen LogP contribution >= 0.6 is 0 Å². The van der Waals surface area contributed by atoms with E-state index in [4.69, 9.17) is 0 Å². The van der Waals surface area contributed by atoms with Crippen molar-refractivity contribution in [3.63, 3.8) is 0 Å². The predicted molar refractivity (Wildman–Crippen MR) is 68.5 cm³/mol. The summed E-state index contributed by atoms with van der Waals surface area (Å²) >= 11 is 0. The van der Waals surface area contributed by atoms with E-state index in [-0.39, 0.29) is 0 Å². The third-order valence-corrected chi connectivity index (χ3v) is 2.36. The van der Waals surface area contributed by atoms with Crippen LogP contribution in [0.2, 0.25) is 0 Å². The average Bonchev–Trinajstić information content (AvgIpc) is 2.29. The van der Waals surface area contributed by atoms with Crippen molar-refractivity contribution in [3.05, 3.63) is 48.6 Å². The van der Waals surface area contributed by atoms with Crippen LogP contribution in [0.25, 0.3) is 11.8 Å². The summed E-state index contributed by atoms with van der Waals surface area (Å²) in [6, 6.07) is 8.24. The van der Waals surface area contributed by atoms with Gasteiger partial charge in [0, 0.05) is 12.2 Å². The molecule has 0 fully saturated rings. The Morgan fingerprint density at radius 3 is 2.53 bits per heavy atom. The fourth-order valence-electron chi connectivity index (χ4n) is 1.34. The maximum Gasteiger partial charge on any atom is 0.0340 e. The van der Waals surface area contributed by atoms with Crippen LogP contribution in [0.5, 0.6) is 0 Å². The van der Waals surface area contributed by atoms with Crippen molar-refractivity contribution >= 4 is 11.8 Å². The summed E-state index contributed by atoms with van der Waals surface area (Å²) < 4.78 is 0. The zero-order chi connectivity index (χ0) is 11.1. The van der Waals surface area contributed by atoms with Gasteiger partial charge in [-0.25, -0.2) is 0 Å². The van der Waals surface area contributed by atoms with Gasteiger partial charge < -0.3 is 5.32 Å². The van der Waals surface area contributed by atoms with E-state index in [0.717, 1.165) is 23.4 Å². The van der Waals surface area contributed by atoms with Crippen LogP contribution in [0.3, 0.4) is 0 Å². The average molecular weight is 201 g/mol. The van der Waals surface area contributed by atoms with E-state index in [0.29, 0.717) is 0 Å². The molecule has 0 unspecified atom stereocenters. The molecule has 0 saturated carbocycles. The van der Waals surface area contributed by atoms with E-state index in [9.17, 15) is 0 Å². The van der Waals surface area contributed by atoms with Crippen molar-refractivity contribution in [2.24, 2.45) is 0 Å². The van der Waals surface area contributed by atoms with Crippen molar-refractivity contribution < 1.29 is 0 Å². The summed E-state index contributed by atoms with van der Waals surface area (Å²) in [5, 5.41) is 3.32. The molecule has 0 aromatic heterocycles. The lowest BCUT2D eigenvalue weighted by molar-refractivity contribution is 0.745. The molecule has 15 heavy (non-hydrogen) atoms. The topological polar surface area (TPSA) is 12.0 Å².